The van der Waals surface area contributed by atoms with Gasteiger partial charge in [-0.05, 0) is 43.6 Å². The molecule has 0 unspecified atom stereocenters. The number of aliphatic hydroxyl groups is 1. The molecule has 2 aliphatic rings. The number of quaternary nitrogens is 1. The van der Waals surface area contributed by atoms with Crippen LogP contribution in [0.3, 0.4) is 0 Å². The molecule has 0 spiro atoms. The molecule has 0 aromatic carbocycles. The predicted octanol–water partition coefficient (Wildman–Crippen LogP) is 1.42. The summed E-state index contributed by atoms with van der Waals surface area (Å²) in [6, 6.07) is 0. The molecule has 1 aliphatic carbocycles. The van der Waals surface area contributed by atoms with Crippen LogP contribution in [0.1, 0.15) is 42.5 Å². The molecule has 1 fully saturated rings. The van der Waals surface area contributed by atoms with Crippen molar-refractivity contribution >= 4 is 27.4 Å². The second kappa shape index (κ2) is 7.17. The molecular weight excluding hydrogens is 332 g/mol. The second-order valence-corrected chi connectivity index (χ2v) is 8.84. The number of nitrogens with one attached hydrogen (secondary N) is 1. The molecule has 0 bridgehead atoms. The average Bonchev–Trinajstić information content (AvgIpc) is 3.17. The Morgan fingerprint density at radius 1 is 1.24 bits per heavy atom. The maximum Gasteiger partial charge on any atom is 0.187 e. The van der Waals surface area contributed by atoms with Crippen molar-refractivity contribution in [3.05, 3.63) is 16.3 Å². The van der Waals surface area contributed by atoms with E-state index in [1.807, 2.05) is 18.4 Å². The molecule has 2 aromatic rings. The number of piperidine rings is 1. The molecule has 3 heterocycles. The molecule has 0 amide bonds. The lowest BCUT2D eigenvalue weighted by Gasteiger charge is -2.27. The van der Waals surface area contributed by atoms with E-state index in [2.05, 4.69) is 11.8 Å². The van der Waals surface area contributed by atoms with Crippen LogP contribution in [0.25, 0.3) is 10.2 Å². The van der Waals surface area contributed by atoms with Crippen LogP contribution in [-0.2, 0) is 19.4 Å². The summed E-state index contributed by atoms with van der Waals surface area (Å²) in [5, 5.41) is 10.6. The van der Waals surface area contributed by atoms with E-state index in [0.29, 0.717) is 6.54 Å². The Morgan fingerprint density at radius 3 is 2.80 bits per heavy atom. The molecule has 5 nitrogen and oxygen atoms in total. The summed E-state index contributed by atoms with van der Waals surface area (Å²) in [4.78, 5) is 16.3. The third-order valence-electron chi connectivity index (χ3n) is 5.78. The highest BCUT2D eigenvalue weighted by atomic mass is 32.1. The Hall–Kier alpha value is -1.24. The van der Waals surface area contributed by atoms with Crippen molar-refractivity contribution in [2.24, 2.45) is 5.92 Å². The van der Waals surface area contributed by atoms with Crippen molar-refractivity contribution in [1.29, 1.82) is 0 Å². The lowest BCUT2D eigenvalue weighted by Crippen LogP contribution is -3.11. The molecule has 1 aliphatic heterocycles. The number of nitrogens with zero attached hydrogens (tertiary/aromatic N) is 3. The van der Waals surface area contributed by atoms with E-state index in [4.69, 9.17) is 9.97 Å². The van der Waals surface area contributed by atoms with E-state index in [1.165, 1.54) is 54.6 Å². The van der Waals surface area contributed by atoms with Gasteiger partial charge in [-0.25, -0.2) is 9.97 Å². The van der Waals surface area contributed by atoms with E-state index in [0.717, 1.165) is 35.4 Å². The first-order chi connectivity index (χ1) is 12.2. The standard InChI is InChI=1S/C19H28N4OS/c1-13-6-8-23(9-7-13)12-16-20-18(22(2)10-11-24)17-14-4-3-5-15(14)25-19(17)21-16/h13,24H,3-12H2,1-2H3/p+1. The fourth-order valence-electron chi connectivity index (χ4n) is 4.20. The molecule has 6 heteroatoms. The maximum absolute atomic E-state index is 9.38. The van der Waals surface area contributed by atoms with Crippen LogP contribution in [0, 0.1) is 5.92 Å². The van der Waals surface area contributed by atoms with Gasteiger partial charge < -0.3 is 14.9 Å². The van der Waals surface area contributed by atoms with E-state index in [9.17, 15) is 5.11 Å². The summed E-state index contributed by atoms with van der Waals surface area (Å²) in [6.07, 6.45) is 6.19. The van der Waals surface area contributed by atoms with Crippen LogP contribution in [0.2, 0.25) is 0 Å². The van der Waals surface area contributed by atoms with Gasteiger partial charge in [0.25, 0.3) is 0 Å². The van der Waals surface area contributed by atoms with Crippen molar-refractivity contribution in [2.45, 2.75) is 45.6 Å². The van der Waals surface area contributed by atoms with Crippen LogP contribution in [0.5, 0.6) is 0 Å². The molecule has 136 valence electrons. The first-order valence-electron chi connectivity index (χ1n) is 9.62. The monoisotopic (exact) mass is 361 g/mol. The Bertz CT molecular complexity index is 751. The van der Waals surface area contributed by atoms with Gasteiger partial charge in [0.05, 0.1) is 25.1 Å². The predicted molar refractivity (Wildman–Crippen MR) is 103 cm³/mol. The maximum atomic E-state index is 9.38. The Balaban J connectivity index is 1.68. The summed E-state index contributed by atoms with van der Waals surface area (Å²) >= 11 is 1.86. The Morgan fingerprint density at radius 2 is 2.04 bits per heavy atom. The van der Waals surface area contributed by atoms with Gasteiger partial charge in [-0.15, -0.1) is 11.3 Å². The topological polar surface area (TPSA) is 53.7 Å². The van der Waals surface area contributed by atoms with E-state index < -0.39 is 0 Å². The Kier molecular flexibility index (Phi) is 4.93. The minimum absolute atomic E-state index is 0.152. The van der Waals surface area contributed by atoms with Gasteiger partial charge in [0.15, 0.2) is 5.82 Å². The third-order valence-corrected chi connectivity index (χ3v) is 6.96. The quantitative estimate of drug-likeness (QED) is 0.846. The lowest BCUT2D eigenvalue weighted by atomic mass is 9.99. The molecule has 0 radical (unpaired) electrons. The van der Waals surface area contributed by atoms with Crippen molar-refractivity contribution in [3.63, 3.8) is 0 Å². The second-order valence-electron chi connectivity index (χ2n) is 7.76. The Labute approximate surface area is 153 Å². The number of anilines is 1. The van der Waals surface area contributed by atoms with E-state index in [1.54, 1.807) is 4.90 Å². The van der Waals surface area contributed by atoms with E-state index in [-0.39, 0.29) is 6.61 Å². The molecule has 2 aromatic heterocycles. The van der Waals surface area contributed by atoms with Crippen molar-refractivity contribution in [1.82, 2.24) is 9.97 Å². The van der Waals surface area contributed by atoms with Gasteiger partial charge in [-0.1, -0.05) is 6.92 Å². The summed E-state index contributed by atoms with van der Waals surface area (Å²) < 4.78 is 0. The molecule has 25 heavy (non-hydrogen) atoms. The van der Waals surface area contributed by atoms with Gasteiger partial charge >= 0.3 is 0 Å². The van der Waals surface area contributed by atoms with Gasteiger partial charge in [0.2, 0.25) is 0 Å². The number of thiophene rings is 1. The number of hydrogen-bond donors (Lipinski definition) is 2. The molecule has 2 N–H and O–H groups in total. The minimum Gasteiger partial charge on any atom is -0.395 e. The number of likely N-dealkylation sites (N-methyl/N-ethyl adjacent to an activating group) is 1. The smallest absolute Gasteiger partial charge is 0.187 e. The molecule has 0 atom stereocenters. The van der Waals surface area contributed by atoms with Crippen LogP contribution in [-0.4, -0.2) is 48.4 Å². The first kappa shape index (κ1) is 17.2. The van der Waals surface area contributed by atoms with Crippen LogP contribution in [0.15, 0.2) is 0 Å². The van der Waals surface area contributed by atoms with E-state index >= 15 is 0 Å². The van der Waals surface area contributed by atoms with Crippen molar-refractivity contribution < 1.29 is 10.0 Å². The van der Waals surface area contributed by atoms with Crippen LogP contribution in [0.4, 0.5) is 5.82 Å². The zero-order valence-corrected chi connectivity index (χ0v) is 16.2. The van der Waals surface area contributed by atoms with Gasteiger partial charge in [-0.2, -0.15) is 0 Å². The van der Waals surface area contributed by atoms with Crippen molar-refractivity contribution in [3.8, 4) is 0 Å². The number of aryl methyl sites for hydroxylation is 2. The number of aliphatic hydroxyl groups excluding tert-OH is 1. The van der Waals surface area contributed by atoms with Gasteiger partial charge in [0, 0.05) is 18.5 Å². The molecular formula is C19H29N4OS+. The zero-order valence-electron chi connectivity index (χ0n) is 15.3. The van der Waals surface area contributed by atoms with Crippen LogP contribution < -0.4 is 9.80 Å². The SMILES string of the molecule is CC1CC[NH+](Cc2nc(N(C)CCO)c3c4c(sc3n2)CCC4)CC1. The highest BCUT2D eigenvalue weighted by Crippen LogP contribution is 2.40. The molecule has 0 saturated carbocycles. The first-order valence-corrected chi connectivity index (χ1v) is 10.4. The normalized spacial score (nSPS) is 23.2. The van der Waals surface area contributed by atoms with Gasteiger partial charge in [-0.3, -0.25) is 0 Å². The largest absolute Gasteiger partial charge is 0.395 e. The van der Waals surface area contributed by atoms with Crippen LogP contribution >= 0.6 is 11.3 Å². The summed E-state index contributed by atoms with van der Waals surface area (Å²) in [5.41, 5.74) is 1.46. The summed E-state index contributed by atoms with van der Waals surface area (Å²) in [6.45, 7) is 6.50. The third kappa shape index (κ3) is 3.39. The fraction of sp³-hybridized carbons (Fsp3) is 0.684. The fourth-order valence-corrected chi connectivity index (χ4v) is 5.48. The summed E-state index contributed by atoms with van der Waals surface area (Å²) in [7, 11) is 2.04. The number of likely N-dealkylation sites (tertiary alicyclic amines) is 1. The number of rotatable bonds is 5. The highest BCUT2D eigenvalue weighted by Gasteiger charge is 2.25. The lowest BCUT2D eigenvalue weighted by molar-refractivity contribution is -0.920. The highest BCUT2D eigenvalue weighted by molar-refractivity contribution is 7.19. The van der Waals surface area contributed by atoms with Crippen molar-refractivity contribution in [2.75, 3.05) is 38.2 Å². The average molecular weight is 362 g/mol. The minimum atomic E-state index is 0.152. The molecule has 4 rings (SSSR count). The number of aromatic nitrogens is 2. The summed E-state index contributed by atoms with van der Waals surface area (Å²) in [5.74, 6) is 2.86. The molecule has 1 saturated heterocycles. The number of hydrogen-bond acceptors (Lipinski definition) is 5. The van der Waals surface area contributed by atoms with Gasteiger partial charge in [0.1, 0.15) is 17.2 Å². The number of fused-ring (bicyclic) bond motifs is 3. The zero-order chi connectivity index (χ0) is 17.4.